The normalized spacial score (nSPS) is 10.9. The van der Waals surface area contributed by atoms with Gasteiger partial charge in [-0.15, -0.1) is 0 Å². The quantitative estimate of drug-likeness (QED) is 0.558. The van der Waals surface area contributed by atoms with Crippen LogP contribution in [0.5, 0.6) is 5.75 Å². The number of hydrogen-bond acceptors (Lipinski definition) is 5. The van der Waals surface area contributed by atoms with Crippen molar-refractivity contribution in [2.24, 2.45) is 0 Å². The second-order valence-corrected chi connectivity index (χ2v) is 6.09. The Balaban J connectivity index is 1.99. The second kappa shape index (κ2) is 7.19. The van der Waals surface area contributed by atoms with E-state index in [2.05, 4.69) is 20.3 Å². The van der Waals surface area contributed by atoms with Gasteiger partial charge in [0.15, 0.2) is 5.82 Å². The number of ether oxygens (including phenoxy) is 1. The highest BCUT2D eigenvalue weighted by atomic mass is 19.1. The van der Waals surface area contributed by atoms with Crippen LogP contribution in [0.1, 0.15) is 0 Å². The van der Waals surface area contributed by atoms with Gasteiger partial charge >= 0.3 is 0 Å². The van der Waals surface area contributed by atoms with Gasteiger partial charge in [-0.2, -0.15) is 0 Å². The van der Waals surface area contributed by atoms with Gasteiger partial charge in [-0.1, -0.05) is 0 Å². The van der Waals surface area contributed by atoms with Gasteiger partial charge in [0.1, 0.15) is 23.2 Å². The van der Waals surface area contributed by atoms with Crippen LogP contribution in [0.3, 0.4) is 0 Å². The number of aromatic nitrogens is 3. The Morgan fingerprint density at radius 1 is 0.964 bits per heavy atom. The van der Waals surface area contributed by atoms with E-state index in [1.165, 1.54) is 19.2 Å². The summed E-state index contributed by atoms with van der Waals surface area (Å²) in [6.07, 6.45) is 3.36. The van der Waals surface area contributed by atoms with Gasteiger partial charge in [0.2, 0.25) is 0 Å². The van der Waals surface area contributed by atoms with E-state index in [-0.39, 0.29) is 0 Å². The summed E-state index contributed by atoms with van der Waals surface area (Å²) in [4.78, 5) is 13.3. The number of rotatable bonds is 4. The average molecular weight is 378 g/mol. The van der Waals surface area contributed by atoms with Crippen LogP contribution in [0.2, 0.25) is 0 Å². The predicted molar refractivity (Wildman–Crippen MR) is 104 cm³/mol. The topological polar surface area (TPSA) is 59.9 Å². The summed E-state index contributed by atoms with van der Waals surface area (Å²) in [5.41, 5.74) is 2.32. The van der Waals surface area contributed by atoms with Crippen LogP contribution in [0.15, 0.2) is 54.9 Å². The van der Waals surface area contributed by atoms with Crippen molar-refractivity contribution in [2.75, 3.05) is 19.5 Å². The predicted octanol–water partition coefficient (Wildman–Crippen LogP) is 4.69. The molecule has 140 valence electrons. The van der Waals surface area contributed by atoms with E-state index >= 15 is 0 Å². The third-order valence-electron chi connectivity index (χ3n) is 4.35. The third kappa shape index (κ3) is 3.11. The Kier molecular flexibility index (Phi) is 4.57. The fraction of sp³-hybridized carbons (Fsp3) is 0.0952. The molecule has 0 spiro atoms. The lowest BCUT2D eigenvalue weighted by molar-refractivity contribution is 0.421. The van der Waals surface area contributed by atoms with Crippen LogP contribution >= 0.6 is 0 Å². The zero-order valence-electron chi connectivity index (χ0n) is 15.2. The smallest absolute Gasteiger partial charge is 0.163 e. The van der Waals surface area contributed by atoms with Crippen LogP contribution in [-0.2, 0) is 0 Å². The Morgan fingerprint density at radius 3 is 2.39 bits per heavy atom. The Bertz CT molecular complexity index is 1150. The number of nitrogens with one attached hydrogen (secondary N) is 1. The van der Waals surface area contributed by atoms with E-state index in [9.17, 15) is 8.78 Å². The van der Waals surface area contributed by atoms with Crippen molar-refractivity contribution in [1.29, 1.82) is 0 Å². The Labute approximate surface area is 160 Å². The first-order valence-corrected chi connectivity index (χ1v) is 8.54. The zero-order chi connectivity index (χ0) is 19.7. The molecule has 0 aliphatic rings. The van der Waals surface area contributed by atoms with Crippen LogP contribution < -0.4 is 10.1 Å². The number of halogens is 2. The number of benzene rings is 2. The molecule has 7 heteroatoms. The first kappa shape index (κ1) is 17.8. The molecule has 0 fully saturated rings. The van der Waals surface area contributed by atoms with Crippen molar-refractivity contribution in [2.45, 2.75) is 0 Å². The van der Waals surface area contributed by atoms with Crippen molar-refractivity contribution < 1.29 is 13.5 Å². The van der Waals surface area contributed by atoms with E-state index in [0.29, 0.717) is 39.4 Å². The monoisotopic (exact) mass is 378 g/mol. The van der Waals surface area contributed by atoms with Crippen molar-refractivity contribution in [1.82, 2.24) is 15.0 Å². The van der Waals surface area contributed by atoms with Gasteiger partial charge in [-0.05, 0) is 42.0 Å². The summed E-state index contributed by atoms with van der Waals surface area (Å²) < 4.78 is 33.1. The lowest BCUT2D eigenvalue weighted by Gasteiger charge is -2.15. The first-order valence-electron chi connectivity index (χ1n) is 8.54. The molecule has 2 heterocycles. The zero-order valence-corrected chi connectivity index (χ0v) is 15.2. The molecule has 2 aromatic heterocycles. The molecule has 2 aromatic carbocycles. The maximum absolute atomic E-state index is 13.7. The molecule has 0 unspecified atom stereocenters. The number of anilines is 1. The molecule has 0 atom stereocenters. The maximum Gasteiger partial charge on any atom is 0.163 e. The molecule has 0 saturated heterocycles. The molecule has 0 saturated carbocycles. The van der Waals surface area contributed by atoms with E-state index in [0.717, 1.165) is 11.6 Å². The standard InChI is InChI=1S/C21H16F2N4O/c1-24-21-18-17(26-20(27-21)12-4-3-7-25-11-12)6-5-16(19(18)28-2)13-8-14(22)10-15(23)9-13/h3-11H,1-2H3,(H,24,26,27). The van der Waals surface area contributed by atoms with Gasteiger partial charge in [0, 0.05) is 36.6 Å². The van der Waals surface area contributed by atoms with Crippen LogP contribution in [0, 0.1) is 11.6 Å². The lowest BCUT2D eigenvalue weighted by Crippen LogP contribution is -2.01. The van der Waals surface area contributed by atoms with Gasteiger partial charge in [-0.3, -0.25) is 4.98 Å². The van der Waals surface area contributed by atoms with Crippen LogP contribution in [0.25, 0.3) is 33.4 Å². The number of nitrogens with zero attached hydrogens (tertiary/aromatic N) is 3. The van der Waals surface area contributed by atoms with Crippen LogP contribution in [-0.4, -0.2) is 29.1 Å². The van der Waals surface area contributed by atoms with Gasteiger partial charge < -0.3 is 10.1 Å². The van der Waals surface area contributed by atoms with Crippen LogP contribution in [0.4, 0.5) is 14.6 Å². The Morgan fingerprint density at radius 2 is 1.75 bits per heavy atom. The average Bonchev–Trinajstić information content (AvgIpc) is 2.71. The van der Waals surface area contributed by atoms with Crippen molar-refractivity contribution >= 4 is 16.7 Å². The highest BCUT2D eigenvalue weighted by Crippen LogP contribution is 2.40. The van der Waals surface area contributed by atoms with E-state index in [1.807, 2.05) is 12.1 Å². The molecule has 1 N–H and O–H groups in total. The first-order chi connectivity index (χ1) is 13.6. The molecule has 5 nitrogen and oxygen atoms in total. The van der Waals surface area contributed by atoms with Gasteiger partial charge in [0.05, 0.1) is 18.0 Å². The molecule has 0 radical (unpaired) electrons. The van der Waals surface area contributed by atoms with Gasteiger partial charge in [-0.25, -0.2) is 18.7 Å². The molecule has 4 aromatic rings. The van der Waals surface area contributed by atoms with Crippen molar-refractivity contribution in [3.8, 4) is 28.3 Å². The number of pyridine rings is 1. The summed E-state index contributed by atoms with van der Waals surface area (Å²) in [5, 5.41) is 3.68. The fourth-order valence-electron chi connectivity index (χ4n) is 3.15. The molecule has 4 rings (SSSR count). The number of fused-ring (bicyclic) bond motifs is 1. The summed E-state index contributed by atoms with van der Waals surface area (Å²) in [6, 6.07) is 10.5. The second-order valence-electron chi connectivity index (χ2n) is 6.09. The summed E-state index contributed by atoms with van der Waals surface area (Å²) >= 11 is 0. The summed E-state index contributed by atoms with van der Waals surface area (Å²) in [6.45, 7) is 0. The summed E-state index contributed by atoms with van der Waals surface area (Å²) in [5.74, 6) is 0.170. The largest absolute Gasteiger partial charge is 0.495 e. The van der Waals surface area contributed by atoms with E-state index in [4.69, 9.17) is 4.74 Å². The van der Waals surface area contributed by atoms with Crippen molar-refractivity contribution in [3.63, 3.8) is 0 Å². The minimum absolute atomic E-state index is 0.370. The molecule has 28 heavy (non-hydrogen) atoms. The minimum atomic E-state index is -0.658. The summed E-state index contributed by atoms with van der Waals surface area (Å²) in [7, 11) is 3.24. The molecular formula is C21H16F2N4O. The van der Waals surface area contributed by atoms with E-state index in [1.54, 1.807) is 31.6 Å². The lowest BCUT2D eigenvalue weighted by atomic mass is 10.0. The highest BCUT2D eigenvalue weighted by Gasteiger charge is 2.18. The van der Waals surface area contributed by atoms with E-state index < -0.39 is 11.6 Å². The van der Waals surface area contributed by atoms with Gasteiger partial charge in [0.25, 0.3) is 0 Å². The molecule has 0 bridgehead atoms. The minimum Gasteiger partial charge on any atom is -0.495 e. The number of methoxy groups -OCH3 is 1. The molecule has 0 aliphatic carbocycles. The molecular weight excluding hydrogens is 362 g/mol. The highest BCUT2D eigenvalue weighted by molar-refractivity contribution is 6.00. The molecule has 0 aliphatic heterocycles. The van der Waals surface area contributed by atoms with Crippen molar-refractivity contribution in [3.05, 3.63) is 66.5 Å². The molecule has 0 amide bonds. The fourth-order valence-corrected chi connectivity index (χ4v) is 3.15. The third-order valence-corrected chi connectivity index (χ3v) is 4.35. The number of hydrogen-bond donors (Lipinski definition) is 1. The maximum atomic E-state index is 13.7. The Hall–Kier alpha value is -3.61. The SMILES string of the molecule is CNc1nc(-c2cccnc2)nc2ccc(-c3cc(F)cc(F)c3)c(OC)c12.